The fourth-order valence-corrected chi connectivity index (χ4v) is 3.50. The zero-order valence-electron chi connectivity index (χ0n) is 12.8. The second-order valence-electron chi connectivity index (χ2n) is 6.09. The fourth-order valence-electron chi connectivity index (χ4n) is 3.50. The number of fused-ring (bicyclic) bond motifs is 1. The highest BCUT2D eigenvalue weighted by Crippen LogP contribution is 2.45. The Hall–Kier alpha value is -1.22. The van der Waals surface area contributed by atoms with Crippen LogP contribution in [0.15, 0.2) is 12.1 Å². The van der Waals surface area contributed by atoms with Gasteiger partial charge in [0, 0.05) is 35.9 Å². The Labute approximate surface area is 116 Å². The van der Waals surface area contributed by atoms with Crippen molar-refractivity contribution in [3.63, 3.8) is 0 Å². The van der Waals surface area contributed by atoms with Crippen molar-refractivity contribution in [2.45, 2.75) is 52.1 Å². The Morgan fingerprint density at radius 3 is 2.63 bits per heavy atom. The number of methoxy groups -OCH3 is 1. The number of nitrogens with two attached hydrogens (primary N) is 1. The molecule has 0 saturated carbocycles. The van der Waals surface area contributed by atoms with Crippen LogP contribution < -0.4 is 15.4 Å². The third-order valence-corrected chi connectivity index (χ3v) is 4.32. The number of nitrogens with zero attached hydrogens (tertiary/aromatic N) is 1. The molecule has 3 nitrogen and oxygen atoms in total. The monoisotopic (exact) mass is 262 g/mol. The molecule has 2 N–H and O–H groups in total. The lowest BCUT2D eigenvalue weighted by Gasteiger charge is -2.47. The third-order valence-electron chi connectivity index (χ3n) is 4.32. The van der Waals surface area contributed by atoms with Gasteiger partial charge in [0.25, 0.3) is 0 Å². The van der Waals surface area contributed by atoms with E-state index in [4.69, 9.17) is 10.5 Å². The van der Waals surface area contributed by atoms with E-state index < -0.39 is 0 Å². The van der Waals surface area contributed by atoms with Crippen LogP contribution in [0.5, 0.6) is 5.75 Å². The number of anilines is 1. The first-order valence-corrected chi connectivity index (χ1v) is 7.13. The lowest BCUT2D eigenvalue weighted by atomic mass is 9.79. The second kappa shape index (κ2) is 5.04. The molecule has 0 fully saturated rings. The van der Waals surface area contributed by atoms with E-state index in [-0.39, 0.29) is 5.54 Å². The van der Waals surface area contributed by atoms with Crippen molar-refractivity contribution in [2.24, 2.45) is 5.73 Å². The van der Waals surface area contributed by atoms with Crippen molar-refractivity contribution >= 4 is 5.69 Å². The Morgan fingerprint density at radius 2 is 2.11 bits per heavy atom. The van der Waals surface area contributed by atoms with E-state index in [0.717, 1.165) is 17.9 Å². The van der Waals surface area contributed by atoms with Crippen LogP contribution in [-0.2, 0) is 6.54 Å². The lowest BCUT2D eigenvalue weighted by molar-refractivity contribution is 0.376. The zero-order chi connectivity index (χ0) is 14.2. The molecule has 1 unspecified atom stereocenters. The van der Waals surface area contributed by atoms with Crippen molar-refractivity contribution in [2.75, 3.05) is 18.6 Å². The Balaban J connectivity index is 2.60. The van der Waals surface area contributed by atoms with Gasteiger partial charge in [-0.2, -0.15) is 0 Å². The number of hydrogen-bond donors (Lipinski definition) is 1. The maximum atomic E-state index is 5.83. The van der Waals surface area contributed by atoms with Crippen LogP contribution in [0, 0.1) is 0 Å². The van der Waals surface area contributed by atoms with E-state index in [1.54, 1.807) is 7.11 Å². The van der Waals surface area contributed by atoms with Crippen LogP contribution in [0.4, 0.5) is 5.69 Å². The van der Waals surface area contributed by atoms with E-state index in [1.165, 1.54) is 17.7 Å². The largest absolute Gasteiger partial charge is 0.496 e. The highest BCUT2D eigenvalue weighted by Gasteiger charge is 2.36. The molecule has 0 radical (unpaired) electrons. The number of hydrogen-bond acceptors (Lipinski definition) is 3. The summed E-state index contributed by atoms with van der Waals surface area (Å²) in [6.07, 6.45) is 1.17. The molecule has 106 valence electrons. The molecule has 0 spiro atoms. The molecule has 19 heavy (non-hydrogen) atoms. The molecule has 2 rings (SSSR count). The molecule has 0 aliphatic carbocycles. The molecular formula is C16H26N2O. The second-order valence-corrected chi connectivity index (χ2v) is 6.09. The molecular weight excluding hydrogens is 236 g/mol. The summed E-state index contributed by atoms with van der Waals surface area (Å²) in [6.45, 7) is 10.7. The molecule has 0 amide bonds. The molecule has 0 saturated heterocycles. The van der Waals surface area contributed by atoms with Gasteiger partial charge in [-0.15, -0.1) is 0 Å². The SMILES string of the molecule is CCN1c2cc(OC)c(CN)cc2C(C)CC1(C)C. The van der Waals surface area contributed by atoms with Crippen molar-refractivity contribution in [3.8, 4) is 5.75 Å². The molecule has 0 bridgehead atoms. The summed E-state index contributed by atoms with van der Waals surface area (Å²) in [6, 6.07) is 4.40. The van der Waals surface area contributed by atoms with Gasteiger partial charge >= 0.3 is 0 Å². The molecule has 1 aromatic rings. The average molecular weight is 262 g/mol. The summed E-state index contributed by atoms with van der Waals surface area (Å²) >= 11 is 0. The van der Waals surface area contributed by atoms with Crippen molar-refractivity contribution in [3.05, 3.63) is 23.3 Å². The predicted octanol–water partition coefficient (Wildman–Crippen LogP) is 3.27. The minimum atomic E-state index is 0.191. The predicted molar refractivity (Wildman–Crippen MR) is 81.0 cm³/mol. The summed E-state index contributed by atoms with van der Waals surface area (Å²) in [5, 5.41) is 0. The summed E-state index contributed by atoms with van der Waals surface area (Å²) in [5.41, 5.74) is 9.83. The Bertz CT molecular complexity index is 468. The van der Waals surface area contributed by atoms with Gasteiger partial charge in [0.2, 0.25) is 0 Å². The molecule has 1 heterocycles. The van der Waals surface area contributed by atoms with Gasteiger partial charge in [-0.25, -0.2) is 0 Å². The van der Waals surface area contributed by atoms with Crippen molar-refractivity contribution in [1.29, 1.82) is 0 Å². The third kappa shape index (κ3) is 2.32. The minimum absolute atomic E-state index is 0.191. The molecule has 1 atom stereocenters. The standard InChI is InChI=1S/C16H26N2O/c1-6-18-14-8-15(19-5)12(10-17)7-13(14)11(2)9-16(18,3)4/h7-8,11H,6,9-10,17H2,1-5H3. The van der Waals surface area contributed by atoms with E-state index in [0.29, 0.717) is 12.5 Å². The fraction of sp³-hybridized carbons (Fsp3) is 0.625. The summed E-state index contributed by atoms with van der Waals surface area (Å²) in [4.78, 5) is 2.48. The summed E-state index contributed by atoms with van der Waals surface area (Å²) in [5.74, 6) is 1.47. The van der Waals surface area contributed by atoms with E-state index in [9.17, 15) is 0 Å². The van der Waals surface area contributed by atoms with Crippen molar-refractivity contribution in [1.82, 2.24) is 0 Å². The number of rotatable bonds is 3. The van der Waals surface area contributed by atoms with Crippen molar-refractivity contribution < 1.29 is 4.74 Å². The summed E-state index contributed by atoms with van der Waals surface area (Å²) in [7, 11) is 1.72. The first kappa shape index (κ1) is 14.2. The Kier molecular flexibility index (Phi) is 3.77. The van der Waals surface area contributed by atoms with Crippen LogP contribution in [-0.4, -0.2) is 19.2 Å². The molecule has 1 aliphatic rings. The van der Waals surface area contributed by atoms with Crippen LogP contribution in [0.2, 0.25) is 0 Å². The maximum absolute atomic E-state index is 5.83. The smallest absolute Gasteiger partial charge is 0.125 e. The van der Waals surface area contributed by atoms with Gasteiger partial charge < -0.3 is 15.4 Å². The van der Waals surface area contributed by atoms with Gasteiger partial charge in [-0.05, 0) is 44.7 Å². The highest BCUT2D eigenvalue weighted by molar-refractivity contribution is 5.64. The number of ether oxygens (including phenoxy) is 1. The molecule has 1 aromatic carbocycles. The van der Waals surface area contributed by atoms with Gasteiger partial charge in [0.1, 0.15) is 5.75 Å². The number of benzene rings is 1. The molecule has 3 heteroatoms. The first-order valence-electron chi connectivity index (χ1n) is 7.13. The maximum Gasteiger partial charge on any atom is 0.125 e. The zero-order valence-corrected chi connectivity index (χ0v) is 12.8. The van der Waals surface area contributed by atoms with E-state index in [2.05, 4.69) is 44.7 Å². The normalized spacial score (nSPS) is 21.2. The van der Waals surface area contributed by atoms with Crippen LogP contribution >= 0.6 is 0 Å². The van der Waals surface area contributed by atoms with Crippen LogP contribution in [0.25, 0.3) is 0 Å². The van der Waals surface area contributed by atoms with Gasteiger partial charge in [0.05, 0.1) is 7.11 Å². The highest BCUT2D eigenvalue weighted by atomic mass is 16.5. The molecule has 1 aliphatic heterocycles. The lowest BCUT2D eigenvalue weighted by Crippen LogP contribution is -2.48. The van der Waals surface area contributed by atoms with Gasteiger partial charge in [-0.3, -0.25) is 0 Å². The first-order chi connectivity index (χ1) is 8.94. The Morgan fingerprint density at radius 1 is 1.42 bits per heavy atom. The van der Waals surface area contributed by atoms with E-state index in [1.807, 2.05) is 0 Å². The van der Waals surface area contributed by atoms with Gasteiger partial charge in [-0.1, -0.05) is 6.92 Å². The minimum Gasteiger partial charge on any atom is -0.496 e. The summed E-state index contributed by atoms with van der Waals surface area (Å²) < 4.78 is 5.49. The quantitative estimate of drug-likeness (QED) is 0.908. The van der Waals surface area contributed by atoms with E-state index >= 15 is 0 Å². The van der Waals surface area contributed by atoms with Gasteiger partial charge in [0.15, 0.2) is 0 Å². The van der Waals surface area contributed by atoms with Crippen LogP contribution in [0.1, 0.15) is 51.2 Å². The average Bonchev–Trinajstić information content (AvgIpc) is 2.36. The molecule has 0 aromatic heterocycles. The topological polar surface area (TPSA) is 38.5 Å². The van der Waals surface area contributed by atoms with Crippen LogP contribution in [0.3, 0.4) is 0 Å².